The lowest BCUT2D eigenvalue weighted by atomic mass is 10.3. The molecule has 0 radical (unpaired) electrons. The van der Waals surface area contributed by atoms with Crippen LogP contribution in [0.1, 0.15) is 6.42 Å². The average Bonchev–Trinajstić information content (AvgIpc) is 2.23. The molecule has 6 heteroatoms. The average molecular weight is 219 g/mol. The molecule has 0 aromatic carbocycles. The largest absolute Gasteiger partial charge is 0.394 e. The van der Waals surface area contributed by atoms with Crippen molar-refractivity contribution in [3.05, 3.63) is 0 Å². The fourth-order valence-corrected chi connectivity index (χ4v) is 0.846. The Morgan fingerprint density at radius 2 is 2.00 bits per heavy atom. The number of aliphatic hydroxyl groups is 2. The molecule has 0 saturated carbocycles. The molecule has 0 aromatic rings. The third kappa shape index (κ3) is 11.1. The molecule has 0 aromatic heterocycles. The molecule has 15 heavy (non-hydrogen) atoms. The van der Waals surface area contributed by atoms with E-state index in [4.69, 9.17) is 14.6 Å². The van der Waals surface area contributed by atoms with Gasteiger partial charge in [-0.2, -0.15) is 0 Å². The number of ether oxygens (including phenoxy) is 2. The van der Waals surface area contributed by atoms with Gasteiger partial charge in [0.25, 0.3) is 0 Å². The molecule has 0 amide bonds. The van der Waals surface area contributed by atoms with Gasteiger partial charge in [-0.25, -0.2) is 9.79 Å². The topological polar surface area (TPSA) is 88.4 Å². The van der Waals surface area contributed by atoms with E-state index in [1.165, 1.54) is 6.08 Å². The molecule has 6 nitrogen and oxygen atoms in total. The summed E-state index contributed by atoms with van der Waals surface area (Å²) in [6.07, 6.45) is 1.15. The van der Waals surface area contributed by atoms with Crippen molar-refractivity contribution in [1.29, 1.82) is 0 Å². The molecule has 1 unspecified atom stereocenters. The number of aliphatic hydroxyl groups excluding tert-OH is 2. The normalized spacial score (nSPS) is 12.1. The summed E-state index contributed by atoms with van der Waals surface area (Å²) < 4.78 is 10.0. The third-order valence-corrected chi connectivity index (χ3v) is 1.56. The van der Waals surface area contributed by atoms with E-state index in [-0.39, 0.29) is 19.8 Å². The predicted molar refractivity (Wildman–Crippen MR) is 52.3 cm³/mol. The maximum Gasteiger partial charge on any atom is 0.234 e. The fraction of sp³-hybridized carbons (Fsp3) is 0.889. The highest BCUT2D eigenvalue weighted by Crippen LogP contribution is 1.93. The van der Waals surface area contributed by atoms with Crippen molar-refractivity contribution in [2.24, 2.45) is 4.99 Å². The minimum atomic E-state index is -0.625. The number of rotatable bonds is 10. The van der Waals surface area contributed by atoms with Crippen LogP contribution >= 0.6 is 0 Å². The number of aliphatic imine (C=N–C) groups is 1. The van der Waals surface area contributed by atoms with Gasteiger partial charge in [-0.15, -0.1) is 0 Å². The van der Waals surface area contributed by atoms with Gasteiger partial charge in [0.15, 0.2) is 0 Å². The summed E-state index contributed by atoms with van der Waals surface area (Å²) in [6.45, 7) is 1.49. The van der Waals surface area contributed by atoms with E-state index in [0.717, 1.165) is 0 Å². The first-order valence-electron chi connectivity index (χ1n) is 4.79. The van der Waals surface area contributed by atoms with Crippen LogP contribution in [0, 0.1) is 0 Å². The maximum absolute atomic E-state index is 9.71. The van der Waals surface area contributed by atoms with Crippen molar-refractivity contribution in [3.8, 4) is 0 Å². The van der Waals surface area contributed by atoms with E-state index in [2.05, 4.69) is 4.99 Å². The molecule has 2 N–H and O–H groups in total. The van der Waals surface area contributed by atoms with Crippen molar-refractivity contribution in [1.82, 2.24) is 0 Å². The minimum absolute atomic E-state index is 0.00761. The second kappa shape index (κ2) is 11.3. The standard InChI is InChI=1S/C9H17NO5/c11-3-4-14-5-6-15-7-9(13)1-2-10-8-12/h9,11,13H,1-7H2. The maximum atomic E-state index is 9.71. The van der Waals surface area contributed by atoms with Crippen molar-refractivity contribution in [2.45, 2.75) is 12.5 Å². The SMILES string of the molecule is O=C=NCCC(O)COCCOCCO. The quantitative estimate of drug-likeness (QED) is 0.282. The molecule has 0 heterocycles. The van der Waals surface area contributed by atoms with Gasteiger partial charge in [-0.3, -0.25) is 0 Å². The van der Waals surface area contributed by atoms with Crippen LogP contribution in [0.5, 0.6) is 0 Å². The van der Waals surface area contributed by atoms with Crippen LogP contribution in [-0.4, -0.2) is 62.0 Å². The third-order valence-electron chi connectivity index (χ3n) is 1.56. The first-order valence-corrected chi connectivity index (χ1v) is 4.79. The lowest BCUT2D eigenvalue weighted by molar-refractivity contribution is -0.00331. The molecule has 0 spiro atoms. The van der Waals surface area contributed by atoms with Gasteiger partial charge in [-0.05, 0) is 6.42 Å². The molecule has 0 fully saturated rings. The Labute approximate surface area is 88.5 Å². The van der Waals surface area contributed by atoms with E-state index in [1.807, 2.05) is 0 Å². The number of carbonyl (C=O) groups excluding carboxylic acids is 1. The lowest BCUT2D eigenvalue weighted by Gasteiger charge is -2.09. The summed E-state index contributed by atoms with van der Waals surface area (Å²) >= 11 is 0. The first kappa shape index (κ1) is 14.2. The van der Waals surface area contributed by atoms with Gasteiger partial charge in [-0.1, -0.05) is 0 Å². The first-order chi connectivity index (χ1) is 7.31. The Morgan fingerprint density at radius 1 is 1.27 bits per heavy atom. The molecule has 88 valence electrons. The van der Waals surface area contributed by atoms with Gasteiger partial charge >= 0.3 is 0 Å². The smallest absolute Gasteiger partial charge is 0.234 e. The summed E-state index contributed by atoms with van der Waals surface area (Å²) in [7, 11) is 0. The van der Waals surface area contributed by atoms with Crippen LogP contribution < -0.4 is 0 Å². The zero-order chi connectivity index (χ0) is 11.4. The van der Waals surface area contributed by atoms with Crippen molar-refractivity contribution < 1.29 is 24.5 Å². The van der Waals surface area contributed by atoms with Crippen molar-refractivity contribution in [2.75, 3.05) is 39.6 Å². The molecule has 0 bridgehead atoms. The molecule has 0 rings (SSSR count). The van der Waals surface area contributed by atoms with Crippen LogP contribution in [0.15, 0.2) is 4.99 Å². The van der Waals surface area contributed by atoms with Crippen LogP contribution in [0.2, 0.25) is 0 Å². The second-order valence-electron chi connectivity index (χ2n) is 2.83. The molecule has 0 aliphatic carbocycles. The predicted octanol–water partition coefficient (Wildman–Crippen LogP) is -0.901. The number of hydrogen-bond donors (Lipinski definition) is 2. The van der Waals surface area contributed by atoms with Gasteiger partial charge in [0, 0.05) is 0 Å². The van der Waals surface area contributed by atoms with Gasteiger partial charge in [0.1, 0.15) is 0 Å². The fourth-order valence-electron chi connectivity index (χ4n) is 0.846. The summed E-state index contributed by atoms with van der Waals surface area (Å²) in [5.74, 6) is 0. The highest BCUT2D eigenvalue weighted by molar-refractivity contribution is 5.32. The van der Waals surface area contributed by atoms with E-state index in [0.29, 0.717) is 26.2 Å². The molecule has 0 aliphatic heterocycles. The molecule has 1 atom stereocenters. The van der Waals surface area contributed by atoms with Gasteiger partial charge in [0.05, 0.1) is 45.7 Å². The van der Waals surface area contributed by atoms with Gasteiger partial charge in [0.2, 0.25) is 6.08 Å². The molecular weight excluding hydrogens is 202 g/mol. The Balaban J connectivity index is 3.16. The Hall–Kier alpha value is -0.780. The summed E-state index contributed by atoms with van der Waals surface area (Å²) in [5.41, 5.74) is 0. The van der Waals surface area contributed by atoms with Crippen LogP contribution in [0.25, 0.3) is 0 Å². The van der Waals surface area contributed by atoms with E-state index >= 15 is 0 Å². The second-order valence-corrected chi connectivity index (χ2v) is 2.83. The van der Waals surface area contributed by atoms with Crippen molar-refractivity contribution >= 4 is 6.08 Å². The summed E-state index contributed by atoms with van der Waals surface area (Å²) in [4.78, 5) is 13.0. The zero-order valence-electron chi connectivity index (χ0n) is 8.59. The number of isocyanates is 1. The van der Waals surface area contributed by atoms with Gasteiger partial charge < -0.3 is 19.7 Å². The number of hydrogen-bond acceptors (Lipinski definition) is 6. The van der Waals surface area contributed by atoms with E-state index in [9.17, 15) is 9.90 Å². The molecule has 0 aliphatic rings. The molecule has 0 saturated heterocycles. The highest BCUT2D eigenvalue weighted by atomic mass is 16.5. The molecular formula is C9H17NO5. The lowest BCUT2D eigenvalue weighted by Crippen LogP contribution is -2.18. The highest BCUT2D eigenvalue weighted by Gasteiger charge is 2.02. The number of nitrogens with zero attached hydrogens (tertiary/aromatic N) is 1. The van der Waals surface area contributed by atoms with Crippen LogP contribution in [-0.2, 0) is 14.3 Å². The monoisotopic (exact) mass is 219 g/mol. The Kier molecular flexibility index (Phi) is 10.7. The summed E-state index contributed by atoms with van der Waals surface area (Å²) in [5, 5.41) is 17.7. The minimum Gasteiger partial charge on any atom is -0.394 e. The summed E-state index contributed by atoms with van der Waals surface area (Å²) in [6, 6.07) is 0. The zero-order valence-corrected chi connectivity index (χ0v) is 8.59. The van der Waals surface area contributed by atoms with Crippen molar-refractivity contribution in [3.63, 3.8) is 0 Å². The van der Waals surface area contributed by atoms with E-state index < -0.39 is 6.10 Å². The Morgan fingerprint density at radius 3 is 2.67 bits per heavy atom. The van der Waals surface area contributed by atoms with Crippen LogP contribution in [0.4, 0.5) is 0 Å². The Bertz CT molecular complexity index is 181. The van der Waals surface area contributed by atoms with E-state index in [1.54, 1.807) is 0 Å². The van der Waals surface area contributed by atoms with Crippen LogP contribution in [0.3, 0.4) is 0 Å².